The number of phenolic OH excluding ortho intramolecular Hbond substituents is 1. The van der Waals surface area contributed by atoms with Crippen LogP contribution < -0.4 is 14.8 Å². The van der Waals surface area contributed by atoms with Gasteiger partial charge in [-0.15, -0.1) is 0 Å². The third-order valence-corrected chi connectivity index (χ3v) is 2.98. The number of rotatable bonds is 7. The summed E-state index contributed by atoms with van der Waals surface area (Å²) < 4.78 is 10.6. The van der Waals surface area contributed by atoms with E-state index in [-0.39, 0.29) is 24.0 Å². The van der Waals surface area contributed by atoms with E-state index in [9.17, 15) is 9.90 Å². The van der Waals surface area contributed by atoms with Crippen molar-refractivity contribution in [3.8, 4) is 17.2 Å². The van der Waals surface area contributed by atoms with E-state index in [0.29, 0.717) is 23.9 Å². The van der Waals surface area contributed by atoms with Crippen LogP contribution in [-0.4, -0.2) is 30.8 Å². The first-order valence-electron chi connectivity index (χ1n) is 6.71. The molecule has 2 aromatic rings. The lowest BCUT2D eigenvalue weighted by atomic mass is 10.3. The number of phenols is 1. The third kappa shape index (κ3) is 5.18. The van der Waals surface area contributed by atoms with E-state index in [1.807, 2.05) is 0 Å². The molecule has 0 radical (unpaired) electrons. The number of ether oxygens (including phenoxy) is 2. The zero-order chi connectivity index (χ0) is 15.8. The smallest absolute Gasteiger partial charge is 0.258 e. The molecule has 0 fully saturated rings. The fourth-order valence-corrected chi connectivity index (χ4v) is 1.79. The standard InChI is InChI=1S/C16H16ClNO4/c17-12-5-7-13(8-6-12)21-10-9-18-16(20)11-22-15-4-2-1-3-14(15)19/h1-8,19H,9-11H2,(H,18,20). The second-order valence-corrected chi connectivity index (χ2v) is 4.85. The number of carbonyl (C=O) groups excluding carboxylic acids is 1. The first kappa shape index (κ1) is 16.0. The van der Waals surface area contributed by atoms with E-state index >= 15 is 0 Å². The summed E-state index contributed by atoms with van der Waals surface area (Å²) in [5.74, 6) is 0.670. The van der Waals surface area contributed by atoms with Crippen molar-refractivity contribution >= 4 is 17.5 Å². The van der Waals surface area contributed by atoms with E-state index in [1.54, 1.807) is 42.5 Å². The van der Waals surface area contributed by atoms with E-state index < -0.39 is 0 Å². The Kier molecular flexibility index (Phi) is 5.91. The number of amides is 1. The maximum Gasteiger partial charge on any atom is 0.258 e. The Bertz CT molecular complexity index is 616. The fourth-order valence-electron chi connectivity index (χ4n) is 1.66. The molecule has 0 aliphatic rings. The van der Waals surface area contributed by atoms with Crippen LogP contribution in [0.3, 0.4) is 0 Å². The van der Waals surface area contributed by atoms with E-state index in [4.69, 9.17) is 21.1 Å². The van der Waals surface area contributed by atoms with Gasteiger partial charge in [0, 0.05) is 5.02 Å². The molecule has 6 heteroatoms. The van der Waals surface area contributed by atoms with Gasteiger partial charge < -0.3 is 19.9 Å². The summed E-state index contributed by atoms with van der Waals surface area (Å²) in [6.45, 7) is 0.522. The zero-order valence-electron chi connectivity index (χ0n) is 11.8. The van der Waals surface area contributed by atoms with Crippen molar-refractivity contribution in [1.82, 2.24) is 5.32 Å². The van der Waals surface area contributed by atoms with Crippen LogP contribution in [0.2, 0.25) is 5.02 Å². The van der Waals surface area contributed by atoms with Crippen LogP contribution in [0.1, 0.15) is 0 Å². The summed E-state index contributed by atoms with van der Waals surface area (Å²) >= 11 is 5.77. The molecule has 0 saturated heterocycles. The first-order valence-corrected chi connectivity index (χ1v) is 7.09. The Hall–Kier alpha value is -2.40. The Morgan fingerprint density at radius 1 is 1.09 bits per heavy atom. The van der Waals surface area contributed by atoms with Crippen molar-refractivity contribution in [2.24, 2.45) is 0 Å². The average Bonchev–Trinajstić information content (AvgIpc) is 2.52. The summed E-state index contributed by atoms with van der Waals surface area (Å²) in [5.41, 5.74) is 0. The number of hydrogen-bond acceptors (Lipinski definition) is 4. The Balaban J connectivity index is 1.64. The minimum Gasteiger partial charge on any atom is -0.504 e. The van der Waals surface area contributed by atoms with Crippen LogP contribution in [0.4, 0.5) is 0 Å². The molecule has 0 saturated carbocycles. The number of hydrogen-bond donors (Lipinski definition) is 2. The minimum absolute atomic E-state index is 0.00127. The van der Waals surface area contributed by atoms with Gasteiger partial charge >= 0.3 is 0 Å². The van der Waals surface area contributed by atoms with Gasteiger partial charge in [-0.1, -0.05) is 23.7 Å². The highest BCUT2D eigenvalue weighted by molar-refractivity contribution is 6.30. The van der Waals surface area contributed by atoms with Crippen LogP contribution in [0.5, 0.6) is 17.2 Å². The number of carbonyl (C=O) groups is 1. The highest BCUT2D eigenvalue weighted by Gasteiger charge is 2.05. The molecule has 0 unspecified atom stereocenters. The van der Waals surface area contributed by atoms with Crippen molar-refractivity contribution in [3.05, 3.63) is 53.6 Å². The topological polar surface area (TPSA) is 67.8 Å². The summed E-state index contributed by atoms with van der Waals surface area (Å²) in [7, 11) is 0. The summed E-state index contributed by atoms with van der Waals surface area (Å²) in [6, 6.07) is 13.4. The van der Waals surface area contributed by atoms with Gasteiger partial charge in [0.2, 0.25) is 0 Å². The van der Waals surface area contributed by atoms with Gasteiger partial charge in [0.1, 0.15) is 12.4 Å². The first-order chi connectivity index (χ1) is 10.6. The van der Waals surface area contributed by atoms with Crippen molar-refractivity contribution in [1.29, 1.82) is 0 Å². The highest BCUT2D eigenvalue weighted by Crippen LogP contribution is 2.23. The second kappa shape index (κ2) is 8.14. The van der Waals surface area contributed by atoms with Crippen molar-refractivity contribution < 1.29 is 19.4 Å². The molecule has 0 spiro atoms. The number of para-hydroxylation sites is 2. The molecule has 1 amide bonds. The molecule has 0 bridgehead atoms. The Labute approximate surface area is 133 Å². The molecule has 0 aliphatic carbocycles. The van der Waals surface area contributed by atoms with Crippen LogP contribution in [-0.2, 0) is 4.79 Å². The maximum absolute atomic E-state index is 11.6. The van der Waals surface area contributed by atoms with E-state index in [2.05, 4.69) is 5.32 Å². The SMILES string of the molecule is O=C(COc1ccccc1O)NCCOc1ccc(Cl)cc1. The molecular weight excluding hydrogens is 306 g/mol. The maximum atomic E-state index is 11.6. The lowest BCUT2D eigenvalue weighted by Crippen LogP contribution is -2.32. The van der Waals surface area contributed by atoms with Gasteiger partial charge in [-0.05, 0) is 36.4 Å². The van der Waals surface area contributed by atoms with E-state index in [0.717, 1.165) is 0 Å². The third-order valence-electron chi connectivity index (χ3n) is 2.73. The largest absolute Gasteiger partial charge is 0.504 e. The van der Waals surface area contributed by atoms with Crippen molar-refractivity contribution in [3.63, 3.8) is 0 Å². The Morgan fingerprint density at radius 2 is 1.82 bits per heavy atom. The second-order valence-electron chi connectivity index (χ2n) is 4.41. The van der Waals surface area contributed by atoms with E-state index in [1.165, 1.54) is 6.07 Å². The van der Waals surface area contributed by atoms with Gasteiger partial charge in [0.15, 0.2) is 18.1 Å². The summed E-state index contributed by atoms with van der Waals surface area (Å²) in [4.78, 5) is 11.6. The number of benzene rings is 2. The average molecular weight is 322 g/mol. The van der Waals surface area contributed by atoms with Gasteiger partial charge in [-0.25, -0.2) is 0 Å². The molecule has 5 nitrogen and oxygen atoms in total. The fraction of sp³-hybridized carbons (Fsp3) is 0.188. The predicted octanol–water partition coefficient (Wildman–Crippen LogP) is 2.62. The molecule has 0 atom stereocenters. The van der Waals surface area contributed by atoms with Gasteiger partial charge in [-0.2, -0.15) is 0 Å². The van der Waals surface area contributed by atoms with Gasteiger partial charge in [-0.3, -0.25) is 4.79 Å². The lowest BCUT2D eigenvalue weighted by molar-refractivity contribution is -0.123. The predicted molar refractivity (Wildman–Crippen MR) is 83.6 cm³/mol. The minimum atomic E-state index is -0.289. The molecule has 0 aliphatic heterocycles. The molecule has 2 aromatic carbocycles. The molecule has 0 heterocycles. The molecular formula is C16H16ClNO4. The number of halogens is 1. The highest BCUT2D eigenvalue weighted by atomic mass is 35.5. The van der Waals surface area contributed by atoms with Gasteiger partial charge in [0.05, 0.1) is 6.54 Å². The molecule has 2 N–H and O–H groups in total. The van der Waals surface area contributed by atoms with Crippen molar-refractivity contribution in [2.45, 2.75) is 0 Å². The van der Waals surface area contributed by atoms with Crippen LogP contribution >= 0.6 is 11.6 Å². The van der Waals surface area contributed by atoms with Crippen LogP contribution in [0.15, 0.2) is 48.5 Å². The molecule has 0 aromatic heterocycles. The monoisotopic (exact) mass is 321 g/mol. The Morgan fingerprint density at radius 3 is 2.55 bits per heavy atom. The van der Waals surface area contributed by atoms with Crippen LogP contribution in [0.25, 0.3) is 0 Å². The number of aromatic hydroxyl groups is 1. The summed E-state index contributed by atoms with van der Waals surface area (Å²) in [5, 5.41) is 12.8. The zero-order valence-corrected chi connectivity index (χ0v) is 12.5. The van der Waals surface area contributed by atoms with Gasteiger partial charge in [0.25, 0.3) is 5.91 Å². The quantitative estimate of drug-likeness (QED) is 0.769. The molecule has 116 valence electrons. The molecule has 22 heavy (non-hydrogen) atoms. The normalized spacial score (nSPS) is 10.0. The summed E-state index contributed by atoms with van der Waals surface area (Å²) in [6.07, 6.45) is 0. The van der Waals surface area contributed by atoms with Crippen LogP contribution in [0, 0.1) is 0 Å². The number of nitrogens with one attached hydrogen (secondary N) is 1. The molecule has 2 rings (SSSR count). The lowest BCUT2D eigenvalue weighted by Gasteiger charge is -2.09. The van der Waals surface area contributed by atoms with Crippen molar-refractivity contribution in [2.75, 3.05) is 19.8 Å².